The smallest absolute Gasteiger partial charge is 0.212 e. The van der Waals surface area contributed by atoms with Crippen molar-refractivity contribution in [1.82, 2.24) is 0 Å². The Morgan fingerprint density at radius 3 is 2.36 bits per heavy atom. The standard InChI is InChI=1S/C7H11ClO2S/c1-2-3-4-5-6-7-11(8,9)10/h1H,3-7H2. The van der Waals surface area contributed by atoms with Crippen LogP contribution in [0.15, 0.2) is 0 Å². The molecule has 4 heteroatoms. The molecule has 0 fully saturated rings. The van der Waals surface area contributed by atoms with Crippen LogP contribution in [0.1, 0.15) is 25.7 Å². The lowest BCUT2D eigenvalue weighted by Gasteiger charge is -1.94. The third-order valence-electron chi connectivity index (χ3n) is 1.21. The Morgan fingerprint density at radius 1 is 1.27 bits per heavy atom. The van der Waals surface area contributed by atoms with E-state index >= 15 is 0 Å². The molecule has 0 aromatic carbocycles. The molecule has 0 bridgehead atoms. The summed E-state index contributed by atoms with van der Waals surface area (Å²) in [7, 11) is 1.69. The molecule has 64 valence electrons. The van der Waals surface area contributed by atoms with Crippen LogP contribution >= 0.6 is 10.7 Å². The van der Waals surface area contributed by atoms with Crippen molar-refractivity contribution in [2.24, 2.45) is 0 Å². The molecule has 0 aromatic rings. The van der Waals surface area contributed by atoms with Crippen LogP contribution in [-0.4, -0.2) is 14.2 Å². The van der Waals surface area contributed by atoms with E-state index in [9.17, 15) is 8.42 Å². The molecular weight excluding hydrogens is 184 g/mol. The Hall–Kier alpha value is -0.200. The van der Waals surface area contributed by atoms with Gasteiger partial charge in [0.15, 0.2) is 0 Å². The maximum atomic E-state index is 10.4. The minimum Gasteiger partial charge on any atom is -0.212 e. The van der Waals surface area contributed by atoms with Gasteiger partial charge >= 0.3 is 0 Å². The Balaban J connectivity index is 3.24. The topological polar surface area (TPSA) is 34.1 Å². The minimum atomic E-state index is -3.29. The van der Waals surface area contributed by atoms with Gasteiger partial charge in [-0.2, -0.15) is 0 Å². The van der Waals surface area contributed by atoms with Gasteiger partial charge in [-0.25, -0.2) is 8.42 Å². The summed E-state index contributed by atoms with van der Waals surface area (Å²) in [4.78, 5) is 0. The maximum absolute atomic E-state index is 10.4. The molecule has 0 amide bonds. The van der Waals surface area contributed by atoms with Crippen molar-refractivity contribution in [3.05, 3.63) is 0 Å². The van der Waals surface area contributed by atoms with Gasteiger partial charge in [0.05, 0.1) is 5.75 Å². The first-order chi connectivity index (χ1) is 5.06. The fraction of sp³-hybridized carbons (Fsp3) is 0.714. The van der Waals surface area contributed by atoms with Crippen LogP contribution in [0.4, 0.5) is 0 Å². The van der Waals surface area contributed by atoms with Gasteiger partial charge in [-0.15, -0.1) is 12.3 Å². The molecular formula is C7H11ClO2S. The second kappa shape index (κ2) is 5.45. The van der Waals surface area contributed by atoms with Gasteiger partial charge in [0.25, 0.3) is 0 Å². The van der Waals surface area contributed by atoms with Crippen LogP contribution in [-0.2, 0) is 9.05 Å². The first-order valence-corrected chi connectivity index (χ1v) is 5.90. The molecule has 0 N–H and O–H groups in total. The van der Waals surface area contributed by atoms with E-state index in [2.05, 4.69) is 5.92 Å². The van der Waals surface area contributed by atoms with E-state index in [1.54, 1.807) is 0 Å². The SMILES string of the molecule is C#CCCCCCS(=O)(=O)Cl. The molecule has 0 aromatic heterocycles. The lowest BCUT2D eigenvalue weighted by Crippen LogP contribution is -1.96. The lowest BCUT2D eigenvalue weighted by atomic mass is 10.2. The summed E-state index contributed by atoms with van der Waals surface area (Å²) in [6.45, 7) is 0. The van der Waals surface area contributed by atoms with Crippen LogP contribution in [0.25, 0.3) is 0 Å². The number of rotatable bonds is 5. The monoisotopic (exact) mass is 194 g/mol. The molecule has 0 saturated heterocycles. The predicted octanol–water partition coefficient (Wildman–Crippen LogP) is 1.75. The first-order valence-electron chi connectivity index (χ1n) is 3.42. The Labute approximate surface area is 72.4 Å². The number of unbranched alkanes of at least 4 members (excludes halogenated alkanes) is 3. The molecule has 0 saturated carbocycles. The summed E-state index contributed by atoms with van der Waals surface area (Å²) in [5, 5.41) is 0. The minimum absolute atomic E-state index is 0.0547. The van der Waals surface area contributed by atoms with E-state index in [1.165, 1.54) is 0 Å². The second-order valence-electron chi connectivity index (χ2n) is 2.26. The zero-order valence-corrected chi connectivity index (χ0v) is 7.79. The number of halogens is 1. The van der Waals surface area contributed by atoms with Gasteiger partial charge < -0.3 is 0 Å². The average molecular weight is 195 g/mol. The van der Waals surface area contributed by atoms with Crippen molar-refractivity contribution in [2.45, 2.75) is 25.7 Å². The van der Waals surface area contributed by atoms with E-state index in [-0.39, 0.29) is 5.75 Å². The molecule has 0 unspecified atom stereocenters. The summed E-state index contributed by atoms with van der Waals surface area (Å²) < 4.78 is 20.8. The molecule has 0 spiro atoms. The summed E-state index contributed by atoms with van der Waals surface area (Å²) in [5.74, 6) is 2.54. The molecule has 0 radical (unpaired) electrons. The van der Waals surface area contributed by atoms with Gasteiger partial charge in [-0.05, 0) is 12.8 Å². The summed E-state index contributed by atoms with van der Waals surface area (Å²) in [5.41, 5.74) is 0. The summed E-state index contributed by atoms with van der Waals surface area (Å²) in [6, 6.07) is 0. The van der Waals surface area contributed by atoms with E-state index in [0.717, 1.165) is 12.8 Å². The highest BCUT2D eigenvalue weighted by Crippen LogP contribution is 2.04. The highest BCUT2D eigenvalue weighted by atomic mass is 35.7. The van der Waals surface area contributed by atoms with Crippen molar-refractivity contribution in [2.75, 3.05) is 5.75 Å². The molecule has 0 aliphatic heterocycles. The number of terminal acetylenes is 1. The fourth-order valence-electron chi connectivity index (χ4n) is 0.678. The zero-order valence-electron chi connectivity index (χ0n) is 6.22. The number of hydrogen-bond donors (Lipinski definition) is 0. The van der Waals surface area contributed by atoms with Crippen molar-refractivity contribution < 1.29 is 8.42 Å². The molecule has 0 atom stereocenters. The van der Waals surface area contributed by atoms with Crippen molar-refractivity contribution in [3.8, 4) is 12.3 Å². The summed E-state index contributed by atoms with van der Waals surface area (Å²) >= 11 is 0. The quantitative estimate of drug-likeness (QED) is 0.380. The van der Waals surface area contributed by atoms with Crippen LogP contribution < -0.4 is 0 Å². The molecule has 0 heterocycles. The van der Waals surface area contributed by atoms with Crippen LogP contribution in [0, 0.1) is 12.3 Å². The van der Waals surface area contributed by atoms with Gasteiger partial charge in [0, 0.05) is 17.1 Å². The van der Waals surface area contributed by atoms with Gasteiger partial charge in [-0.3, -0.25) is 0 Å². The van der Waals surface area contributed by atoms with Crippen molar-refractivity contribution in [3.63, 3.8) is 0 Å². The van der Waals surface area contributed by atoms with Gasteiger partial charge in [0.1, 0.15) is 0 Å². The molecule has 0 aliphatic rings. The van der Waals surface area contributed by atoms with Crippen molar-refractivity contribution in [1.29, 1.82) is 0 Å². The maximum Gasteiger partial charge on any atom is 0.232 e. The third kappa shape index (κ3) is 9.80. The molecule has 0 rings (SSSR count). The Bertz CT molecular complexity index is 225. The Morgan fingerprint density at radius 2 is 1.91 bits per heavy atom. The predicted molar refractivity (Wildman–Crippen MR) is 46.9 cm³/mol. The van der Waals surface area contributed by atoms with Crippen LogP contribution in [0.5, 0.6) is 0 Å². The zero-order chi connectivity index (χ0) is 8.74. The van der Waals surface area contributed by atoms with Crippen LogP contribution in [0.3, 0.4) is 0 Å². The highest BCUT2D eigenvalue weighted by molar-refractivity contribution is 8.13. The summed E-state index contributed by atoms with van der Waals surface area (Å²) in [6.07, 6.45) is 8.02. The van der Waals surface area contributed by atoms with Gasteiger partial charge in [0.2, 0.25) is 9.05 Å². The largest absolute Gasteiger partial charge is 0.232 e. The van der Waals surface area contributed by atoms with Gasteiger partial charge in [-0.1, -0.05) is 6.42 Å². The van der Waals surface area contributed by atoms with E-state index in [1.807, 2.05) is 0 Å². The Kier molecular flexibility index (Phi) is 5.35. The van der Waals surface area contributed by atoms with E-state index in [0.29, 0.717) is 12.8 Å². The third-order valence-corrected chi connectivity index (χ3v) is 2.45. The second-order valence-corrected chi connectivity index (χ2v) is 5.15. The van der Waals surface area contributed by atoms with E-state index in [4.69, 9.17) is 17.1 Å². The lowest BCUT2D eigenvalue weighted by molar-refractivity contribution is 0.603. The van der Waals surface area contributed by atoms with Crippen molar-refractivity contribution >= 4 is 19.7 Å². The molecule has 2 nitrogen and oxygen atoms in total. The molecule has 0 aliphatic carbocycles. The van der Waals surface area contributed by atoms with Crippen LogP contribution in [0.2, 0.25) is 0 Å². The first kappa shape index (κ1) is 10.8. The van der Waals surface area contributed by atoms with E-state index < -0.39 is 9.05 Å². The highest BCUT2D eigenvalue weighted by Gasteiger charge is 2.02. The normalized spacial score (nSPS) is 10.9. The fourth-order valence-corrected chi connectivity index (χ4v) is 1.55. The number of hydrogen-bond acceptors (Lipinski definition) is 2. The average Bonchev–Trinajstić information content (AvgIpc) is 1.85. The molecule has 11 heavy (non-hydrogen) atoms.